The molecule has 0 aliphatic heterocycles. The number of alkyl carbamates (subject to hydrolysis) is 1. The first-order valence-corrected chi connectivity index (χ1v) is 5.98. The van der Waals surface area contributed by atoms with Gasteiger partial charge in [0.25, 0.3) is 0 Å². The SMILES string of the molecule is CCC(C)C(=O)C1CCCC1NC(=O)OC. The van der Waals surface area contributed by atoms with Crippen molar-refractivity contribution in [3.63, 3.8) is 0 Å². The van der Waals surface area contributed by atoms with Gasteiger partial charge in [-0.3, -0.25) is 4.79 Å². The van der Waals surface area contributed by atoms with Crippen LogP contribution in [0.15, 0.2) is 0 Å². The van der Waals surface area contributed by atoms with E-state index >= 15 is 0 Å². The fourth-order valence-corrected chi connectivity index (χ4v) is 2.25. The zero-order valence-corrected chi connectivity index (χ0v) is 10.3. The second kappa shape index (κ2) is 5.87. The second-order valence-electron chi connectivity index (χ2n) is 4.49. The number of ketones is 1. The maximum Gasteiger partial charge on any atom is 0.407 e. The van der Waals surface area contributed by atoms with Gasteiger partial charge in [0.1, 0.15) is 5.78 Å². The highest BCUT2D eigenvalue weighted by atomic mass is 16.5. The van der Waals surface area contributed by atoms with Gasteiger partial charge in [0.15, 0.2) is 0 Å². The third kappa shape index (κ3) is 2.97. The zero-order valence-electron chi connectivity index (χ0n) is 10.3. The Labute approximate surface area is 96.7 Å². The topological polar surface area (TPSA) is 55.4 Å². The molecule has 4 nitrogen and oxygen atoms in total. The molecule has 0 spiro atoms. The van der Waals surface area contributed by atoms with E-state index < -0.39 is 6.09 Å². The predicted molar refractivity (Wildman–Crippen MR) is 61.1 cm³/mol. The summed E-state index contributed by atoms with van der Waals surface area (Å²) in [5.41, 5.74) is 0. The van der Waals surface area contributed by atoms with Crippen LogP contribution < -0.4 is 5.32 Å². The van der Waals surface area contributed by atoms with Crippen molar-refractivity contribution in [1.29, 1.82) is 0 Å². The molecule has 1 aliphatic rings. The van der Waals surface area contributed by atoms with Crippen molar-refractivity contribution in [2.75, 3.05) is 7.11 Å². The number of hydrogen-bond donors (Lipinski definition) is 1. The summed E-state index contributed by atoms with van der Waals surface area (Å²) >= 11 is 0. The van der Waals surface area contributed by atoms with Crippen molar-refractivity contribution in [3.8, 4) is 0 Å². The summed E-state index contributed by atoms with van der Waals surface area (Å²) in [5, 5.41) is 2.76. The minimum Gasteiger partial charge on any atom is -0.453 e. The minimum atomic E-state index is -0.436. The molecule has 4 heteroatoms. The lowest BCUT2D eigenvalue weighted by atomic mass is 9.89. The molecule has 0 bridgehead atoms. The number of amides is 1. The Morgan fingerprint density at radius 2 is 2.12 bits per heavy atom. The highest BCUT2D eigenvalue weighted by molar-refractivity contribution is 5.84. The number of hydrogen-bond acceptors (Lipinski definition) is 3. The molecule has 0 radical (unpaired) electrons. The first kappa shape index (κ1) is 13.0. The summed E-state index contributed by atoms with van der Waals surface area (Å²) in [4.78, 5) is 23.2. The monoisotopic (exact) mass is 227 g/mol. The van der Waals surface area contributed by atoms with Crippen LogP contribution in [0.4, 0.5) is 4.79 Å². The van der Waals surface area contributed by atoms with Gasteiger partial charge >= 0.3 is 6.09 Å². The Balaban J connectivity index is 2.58. The molecule has 1 aliphatic carbocycles. The Hall–Kier alpha value is -1.06. The summed E-state index contributed by atoms with van der Waals surface area (Å²) in [6, 6.07) is -0.0334. The molecule has 0 aromatic carbocycles. The van der Waals surface area contributed by atoms with Crippen LogP contribution in [0, 0.1) is 11.8 Å². The van der Waals surface area contributed by atoms with Crippen LogP contribution in [0.2, 0.25) is 0 Å². The van der Waals surface area contributed by atoms with E-state index in [-0.39, 0.29) is 23.7 Å². The molecule has 0 aromatic heterocycles. The number of ether oxygens (including phenoxy) is 1. The molecular formula is C12H21NO3. The van der Waals surface area contributed by atoms with Gasteiger partial charge in [-0.1, -0.05) is 20.3 Å². The summed E-state index contributed by atoms with van der Waals surface area (Å²) < 4.78 is 4.57. The maximum atomic E-state index is 12.1. The van der Waals surface area contributed by atoms with Gasteiger partial charge in [0.05, 0.1) is 7.11 Å². The van der Waals surface area contributed by atoms with E-state index in [0.29, 0.717) is 0 Å². The third-order valence-electron chi connectivity index (χ3n) is 3.47. The lowest BCUT2D eigenvalue weighted by molar-refractivity contribution is -0.126. The average Bonchev–Trinajstić information content (AvgIpc) is 2.74. The summed E-state index contributed by atoms with van der Waals surface area (Å²) in [6.07, 6.45) is 3.19. The highest BCUT2D eigenvalue weighted by Crippen LogP contribution is 2.29. The quantitative estimate of drug-likeness (QED) is 0.800. The van der Waals surface area contributed by atoms with Gasteiger partial charge in [-0.2, -0.15) is 0 Å². The second-order valence-corrected chi connectivity index (χ2v) is 4.49. The van der Waals surface area contributed by atoms with Gasteiger partial charge in [-0.05, 0) is 19.3 Å². The maximum absolute atomic E-state index is 12.1. The lowest BCUT2D eigenvalue weighted by Gasteiger charge is -2.21. The summed E-state index contributed by atoms with van der Waals surface area (Å²) in [5.74, 6) is 0.348. The van der Waals surface area contributed by atoms with E-state index in [1.807, 2.05) is 13.8 Å². The Morgan fingerprint density at radius 1 is 1.44 bits per heavy atom. The minimum absolute atomic E-state index is 0.0194. The molecule has 1 N–H and O–H groups in total. The van der Waals surface area contributed by atoms with Crippen molar-refractivity contribution < 1.29 is 14.3 Å². The van der Waals surface area contributed by atoms with Crippen molar-refractivity contribution in [2.45, 2.75) is 45.6 Å². The molecule has 0 aromatic rings. The Kier molecular flexibility index (Phi) is 4.77. The number of nitrogens with one attached hydrogen (secondary N) is 1. The van der Waals surface area contributed by atoms with Gasteiger partial charge in [-0.25, -0.2) is 4.79 Å². The largest absolute Gasteiger partial charge is 0.453 e. The number of Topliss-reactive ketones (excluding diaryl/α,β-unsaturated/α-hetero) is 1. The molecule has 92 valence electrons. The smallest absolute Gasteiger partial charge is 0.407 e. The van der Waals surface area contributed by atoms with Crippen molar-refractivity contribution in [2.24, 2.45) is 11.8 Å². The van der Waals surface area contributed by atoms with E-state index in [2.05, 4.69) is 10.1 Å². The molecule has 0 saturated heterocycles. The number of carbonyl (C=O) groups excluding carboxylic acids is 2. The zero-order chi connectivity index (χ0) is 12.1. The standard InChI is InChI=1S/C12H21NO3/c1-4-8(2)11(14)9-6-5-7-10(9)13-12(15)16-3/h8-10H,4-7H2,1-3H3,(H,13,15). The molecule has 1 fully saturated rings. The fraction of sp³-hybridized carbons (Fsp3) is 0.833. The van der Waals surface area contributed by atoms with Gasteiger partial charge < -0.3 is 10.1 Å². The fourth-order valence-electron chi connectivity index (χ4n) is 2.25. The molecule has 1 rings (SSSR count). The molecular weight excluding hydrogens is 206 g/mol. The molecule has 16 heavy (non-hydrogen) atoms. The van der Waals surface area contributed by atoms with Crippen LogP contribution in [-0.4, -0.2) is 25.0 Å². The van der Waals surface area contributed by atoms with Crippen LogP contribution in [-0.2, 0) is 9.53 Å². The van der Waals surface area contributed by atoms with E-state index in [4.69, 9.17) is 0 Å². The molecule has 0 heterocycles. The molecule has 3 atom stereocenters. The highest BCUT2D eigenvalue weighted by Gasteiger charge is 2.35. The average molecular weight is 227 g/mol. The molecule has 1 amide bonds. The Bertz CT molecular complexity index is 265. The first-order valence-electron chi connectivity index (χ1n) is 5.98. The van der Waals surface area contributed by atoms with Crippen LogP contribution in [0.3, 0.4) is 0 Å². The van der Waals surface area contributed by atoms with Gasteiger partial charge in [0.2, 0.25) is 0 Å². The van der Waals surface area contributed by atoms with Crippen LogP contribution in [0.25, 0.3) is 0 Å². The van der Waals surface area contributed by atoms with Crippen LogP contribution in [0.1, 0.15) is 39.5 Å². The lowest BCUT2D eigenvalue weighted by Crippen LogP contribution is -2.41. The van der Waals surface area contributed by atoms with E-state index in [1.165, 1.54) is 7.11 Å². The summed E-state index contributed by atoms with van der Waals surface area (Å²) in [6.45, 7) is 3.97. The van der Waals surface area contributed by atoms with Gasteiger partial charge in [-0.15, -0.1) is 0 Å². The van der Waals surface area contributed by atoms with Crippen LogP contribution >= 0.6 is 0 Å². The van der Waals surface area contributed by atoms with Crippen LogP contribution in [0.5, 0.6) is 0 Å². The predicted octanol–water partition coefficient (Wildman–Crippen LogP) is 2.13. The number of methoxy groups -OCH3 is 1. The Morgan fingerprint density at radius 3 is 2.69 bits per heavy atom. The molecule has 3 unspecified atom stereocenters. The van der Waals surface area contributed by atoms with Gasteiger partial charge in [0, 0.05) is 17.9 Å². The molecule has 1 saturated carbocycles. The first-order chi connectivity index (χ1) is 7.60. The van der Waals surface area contributed by atoms with Crippen molar-refractivity contribution in [3.05, 3.63) is 0 Å². The summed E-state index contributed by atoms with van der Waals surface area (Å²) in [7, 11) is 1.34. The third-order valence-corrected chi connectivity index (χ3v) is 3.47. The number of carbonyl (C=O) groups is 2. The van der Waals surface area contributed by atoms with Crippen molar-refractivity contribution >= 4 is 11.9 Å². The normalized spacial score (nSPS) is 26.2. The van der Waals surface area contributed by atoms with Crippen molar-refractivity contribution in [1.82, 2.24) is 5.32 Å². The number of rotatable bonds is 4. The van der Waals surface area contributed by atoms with E-state index in [1.54, 1.807) is 0 Å². The van der Waals surface area contributed by atoms with E-state index in [9.17, 15) is 9.59 Å². The van der Waals surface area contributed by atoms with E-state index in [0.717, 1.165) is 25.7 Å².